The Balaban J connectivity index is 1.38. The third-order valence-electron chi connectivity index (χ3n) is 13.1. The molecular formula is C35H61FN6O4. The number of hydrogen-bond acceptors (Lipinski definition) is 8. The van der Waals surface area contributed by atoms with Crippen LogP contribution in [0.2, 0.25) is 0 Å². The quantitative estimate of drug-likeness (QED) is 0.137. The van der Waals surface area contributed by atoms with Gasteiger partial charge in [0.05, 0.1) is 6.54 Å². The van der Waals surface area contributed by atoms with E-state index in [2.05, 4.69) is 32.5 Å². The number of oxime groups is 1. The Morgan fingerprint density at radius 1 is 0.913 bits per heavy atom. The van der Waals surface area contributed by atoms with Crippen LogP contribution in [0.3, 0.4) is 0 Å². The Hall–Kier alpha value is -1.82. The van der Waals surface area contributed by atoms with Crippen LogP contribution in [-0.2, 0) is 9.59 Å². The highest BCUT2D eigenvalue weighted by Crippen LogP contribution is 2.65. The van der Waals surface area contributed by atoms with Crippen LogP contribution in [0, 0.1) is 46.8 Å². The lowest BCUT2D eigenvalue weighted by Crippen LogP contribution is -2.63. The number of rotatable bonds is 10. The summed E-state index contributed by atoms with van der Waals surface area (Å²) in [6.45, 7) is 11.4. The monoisotopic (exact) mass is 648 g/mol. The van der Waals surface area contributed by atoms with Crippen LogP contribution in [0.15, 0.2) is 5.16 Å². The highest BCUT2D eigenvalue weighted by atomic mass is 19.1. The lowest BCUT2D eigenvalue weighted by atomic mass is 9.42. The normalized spacial score (nSPS) is 37.6. The third kappa shape index (κ3) is 7.90. The van der Waals surface area contributed by atoms with E-state index in [1.165, 1.54) is 44.9 Å². The molecule has 2 amide bonds. The number of hydroxylamine groups is 1. The van der Waals surface area contributed by atoms with E-state index in [0.29, 0.717) is 36.6 Å². The van der Waals surface area contributed by atoms with Gasteiger partial charge in [0.2, 0.25) is 5.91 Å². The van der Waals surface area contributed by atoms with Gasteiger partial charge < -0.3 is 30.8 Å². The predicted molar refractivity (Wildman–Crippen MR) is 176 cm³/mol. The van der Waals surface area contributed by atoms with Crippen molar-refractivity contribution in [2.45, 2.75) is 110 Å². The number of fused-ring (bicyclic) bond motifs is 4. The molecular weight excluding hydrogens is 587 g/mol. The Morgan fingerprint density at radius 3 is 2.35 bits per heavy atom. The van der Waals surface area contributed by atoms with Crippen molar-refractivity contribution >= 4 is 18.0 Å². The first-order chi connectivity index (χ1) is 22.2. The minimum atomic E-state index is -0.813. The number of nitrogens with zero attached hydrogens (tertiary/aromatic N) is 3. The van der Waals surface area contributed by atoms with Gasteiger partial charge in [-0.3, -0.25) is 9.59 Å². The zero-order valence-corrected chi connectivity index (χ0v) is 28.5. The predicted octanol–water partition coefficient (Wildman–Crippen LogP) is 4.06. The standard InChI is InChI=1S/C35H61FN6O4/c1-23(39-33(43)17-37-45)19-41-14-7-10-29-28(26-8-5-4-6-9-26)11-13-35(31(29)22-41)25(3)32(36)16-27-21-42(15-12-30(27)35)20-24(2)40-34(44)18-38-46/h18,23-32,37,45-46H,4-17,19-22H2,1-3H3,(H,39,43)(H,40,44)/b38-18-/t23-,24-,25?,27?,28?,29?,30?,31?,32?,35?/m0/s1. The summed E-state index contributed by atoms with van der Waals surface area (Å²) in [6.07, 6.45) is 13.3. The number of piperidine rings is 1. The van der Waals surface area contributed by atoms with Gasteiger partial charge in [0, 0.05) is 38.3 Å². The summed E-state index contributed by atoms with van der Waals surface area (Å²) in [6, 6.07) is -0.132. The molecule has 2 saturated heterocycles. The van der Waals surface area contributed by atoms with Gasteiger partial charge in [-0.15, -0.1) is 0 Å². The van der Waals surface area contributed by atoms with Crippen molar-refractivity contribution in [1.29, 1.82) is 0 Å². The number of amides is 2. The van der Waals surface area contributed by atoms with Gasteiger partial charge >= 0.3 is 0 Å². The van der Waals surface area contributed by atoms with E-state index in [-0.39, 0.29) is 35.9 Å². The zero-order valence-electron chi connectivity index (χ0n) is 28.5. The average Bonchev–Trinajstić information content (AvgIpc) is 3.23. The van der Waals surface area contributed by atoms with Gasteiger partial charge in [-0.05, 0) is 112 Å². The first-order valence-electron chi connectivity index (χ1n) is 18.4. The molecule has 11 heteroatoms. The molecule has 46 heavy (non-hydrogen) atoms. The van der Waals surface area contributed by atoms with Gasteiger partial charge in [0.1, 0.15) is 12.4 Å². The summed E-state index contributed by atoms with van der Waals surface area (Å²) in [5.74, 6) is 2.82. The minimum absolute atomic E-state index is 0.0302. The second-order valence-electron chi connectivity index (χ2n) is 15.8. The summed E-state index contributed by atoms with van der Waals surface area (Å²) in [5, 5.41) is 26.4. The number of halogens is 1. The van der Waals surface area contributed by atoms with E-state index < -0.39 is 12.1 Å². The zero-order chi connectivity index (χ0) is 32.8. The Kier molecular flexibility index (Phi) is 12.4. The van der Waals surface area contributed by atoms with Crippen molar-refractivity contribution < 1.29 is 24.4 Å². The molecule has 10 atom stereocenters. The van der Waals surface area contributed by atoms with Crippen molar-refractivity contribution in [1.82, 2.24) is 25.9 Å². The highest BCUT2D eigenvalue weighted by Gasteiger charge is 2.62. The van der Waals surface area contributed by atoms with E-state index in [1.807, 2.05) is 19.3 Å². The largest absolute Gasteiger partial charge is 0.411 e. The molecule has 0 aromatic heterocycles. The van der Waals surface area contributed by atoms with Crippen LogP contribution in [0.25, 0.3) is 0 Å². The van der Waals surface area contributed by atoms with Gasteiger partial charge in [-0.25, -0.2) is 4.39 Å². The number of carbonyl (C=O) groups is 2. The van der Waals surface area contributed by atoms with Crippen LogP contribution >= 0.6 is 0 Å². The summed E-state index contributed by atoms with van der Waals surface area (Å²) in [7, 11) is 0. The van der Waals surface area contributed by atoms with Crippen molar-refractivity contribution in [2.75, 3.05) is 45.8 Å². The molecule has 0 radical (unpaired) electrons. The molecule has 262 valence electrons. The van der Waals surface area contributed by atoms with Crippen LogP contribution in [0.1, 0.15) is 91.4 Å². The SMILES string of the molecule is CC1C(F)CC2CN(C[C@H](C)NC(=O)/C=N\O)CCC2C12CCC(C1CCCCC1)C1CCCN(C[C@H](C)NC(=O)CNO)CC12. The first-order valence-corrected chi connectivity index (χ1v) is 18.4. The molecule has 3 saturated carbocycles. The molecule has 2 aliphatic heterocycles. The number of carbonyl (C=O) groups excluding carboxylic acids is 2. The second-order valence-corrected chi connectivity index (χ2v) is 15.8. The molecule has 5 rings (SSSR count). The molecule has 0 bridgehead atoms. The molecule has 5 fully saturated rings. The molecule has 1 spiro atoms. The fourth-order valence-electron chi connectivity index (χ4n) is 11.5. The van der Waals surface area contributed by atoms with Crippen LogP contribution < -0.4 is 16.1 Å². The molecule has 5 N–H and O–H groups in total. The van der Waals surface area contributed by atoms with E-state index in [4.69, 9.17) is 10.4 Å². The van der Waals surface area contributed by atoms with E-state index in [1.54, 1.807) is 0 Å². The van der Waals surface area contributed by atoms with Gasteiger partial charge in [0.15, 0.2) is 0 Å². The summed E-state index contributed by atoms with van der Waals surface area (Å²) in [4.78, 5) is 29.2. The molecule has 2 heterocycles. The van der Waals surface area contributed by atoms with E-state index in [9.17, 15) is 9.59 Å². The smallest absolute Gasteiger partial charge is 0.266 e. The number of hydrogen-bond donors (Lipinski definition) is 5. The van der Waals surface area contributed by atoms with Crippen molar-refractivity contribution in [3.8, 4) is 0 Å². The molecule has 0 aromatic carbocycles. The highest BCUT2D eigenvalue weighted by molar-refractivity contribution is 6.26. The molecule has 0 aromatic rings. The molecule has 10 nitrogen and oxygen atoms in total. The van der Waals surface area contributed by atoms with Crippen LogP contribution in [0.4, 0.5) is 4.39 Å². The Labute approximate surface area is 275 Å². The van der Waals surface area contributed by atoms with Crippen molar-refractivity contribution in [3.05, 3.63) is 0 Å². The lowest BCUT2D eigenvalue weighted by molar-refractivity contribution is -0.174. The fourth-order valence-corrected chi connectivity index (χ4v) is 11.5. The Morgan fingerprint density at radius 2 is 1.63 bits per heavy atom. The van der Waals surface area contributed by atoms with E-state index >= 15 is 4.39 Å². The average molecular weight is 649 g/mol. The first kappa shape index (κ1) is 35.5. The third-order valence-corrected chi connectivity index (χ3v) is 13.1. The summed E-state index contributed by atoms with van der Waals surface area (Å²) < 4.78 is 16.5. The minimum Gasteiger partial charge on any atom is -0.411 e. The van der Waals surface area contributed by atoms with Crippen molar-refractivity contribution in [3.63, 3.8) is 0 Å². The maximum absolute atomic E-state index is 16.5. The van der Waals surface area contributed by atoms with Gasteiger partial charge in [-0.2, -0.15) is 5.48 Å². The summed E-state index contributed by atoms with van der Waals surface area (Å²) >= 11 is 0. The van der Waals surface area contributed by atoms with E-state index in [0.717, 1.165) is 70.0 Å². The van der Waals surface area contributed by atoms with Gasteiger partial charge in [-0.1, -0.05) is 44.2 Å². The molecule has 8 unspecified atom stereocenters. The lowest BCUT2D eigenvalue weighted by Gasteiger charge is -2.65. The van der Waals surface area contributed by atoms with Gasteiger partial charge in [0.25, 0.3) is 5.91 Å². The second kappa shape index (κ2) is 16.1. The number of likely N-dealkylation sites (tertiary alicyclic amines) is 2. The van der Waals surface area contributed by atoms with Crippen LogP contribution in [0.5, 0.6) is 0 Å². The maximum Gasteiger partial charge on any atom is 0.266 e. The van der Waals surface area contributed by atoms with Crippen LogP contribution in [-0.4, -0.2) is 102 Å². The van der Waals surface area contributed by atoms with Crippen molar-refractivity contribution in [2.24, 2.45) is 52.0 Å². The number of nitrogens with one attached hydrogen (secondary N) is 3. The molecule has 5 aliphatic rings. The Bertz CT molecular complexity index is 1040. The topological polar surface area (TPSA) is 130 Å². The molecule has 3 aliphatic carbocycles. The fraction of sp³-hybridized carbons (Fsp3) is 0.914. The number of alkyl halides is 1. The maximum atomic E-state index is 16.5. The summed E-state index contributed by atoms with van der Waals surface area (Å²) in [5.41, 5.74) is 1.93.